The van der Waals surface area contributed by atoms with Crippen LogP contribution in [-0.2, 0) is 17.6 Å². The summed E-state index contributed by atoms with van der Waals surface area (Å²) in [5, 5.41) is 0.975. The molecule has 0 aliphatic rings. The molecule has 4 nitrogen and oxygen atoms in total. The van der Waals surface area contributed by atoms with Crippen LogP contribution < -0.4 is 0 Å². The van der Waals surface area contributed by atoms with Crippen molar-refractivity contribution >= 4 is 28.6 Å². The van der Waals surface area contributed by atoms with Crippen molar-refractivity contribution in [3.63, 3.8) is 0 Å². The summed E-state index contributed by atoms with van der Waals surface area (Å²) in [7, 11) is 0. The zero-order valence-corrected chi connectivity index (χ0v) is 12.9. The third-order valence-corrected chi connectivity index (χ3v) is 5.01. The van der Waals surface area contributed by atoms with E-state index in [1.165, 1.54) is 16.2 Å². The van der Waals surface area contributed by atoms with Crippen molar-refractivity contribution in [3.8, 4) is 0 Å². The van der Waals surface area contributed by atoms with E-state index < -0.39 is 0 Å². The lowest BCUT2D eigenvalue weighted by Crippen LogP contribution is -2.07. The molecule has 0 bridgehead atoms. The summed E-state index contributed by atoms with van der Waals surface area (Å²) in [5.74, 6) is -0.267. The van der Waals surface area contributed by atoms with Gasteiger partial charge < -0.3 is 4.74 Å². The second kappa shape index (κ2) is 6.25. The first kappa shape index (κ1) is 14.1. The van der Waals surface area contributed by atoms with Crippen LogP contribution in [0.3, 0.4) is 0 Å². The van der Waals surface area contributed by atoms with Crippen LogP contribution in [0, 0.1) is 13.8 Å². The van der Waals surface area contributed by atoms with Crippen LogP contribution in [0.2, 0.25) is 0 Å². The van der Waals surface area contributed by atoms with Crippen molar-refractivity contribution in [2.45, 2.75) is 33.6 Å². The third-order valence-electron chi connectivity index (χ3n) is 2.74. The maximum absolute atomic E-state index is 11.9. The number of nitrogens with zero attached hydrogens (tertiary/aromatic N) is 2. The molecule has 19 heavy (non-hydrogen) atoms. The van der Waals surface area contributed by atoms with Crippen molar-refractivity contribution in [1.82, 2.24) is 9.97 Å². The van der Waals surface area contributed by atoms with Crippen molar-refractivity contribution < 1.29 is 9.53 Å². The summed E-state index contributed by atoms with van der Waals surface area (Å²) in [6, 6.07) is 0. The number of rotatable bonds is 5. The van der Waals surface area contributed by atoms with Gasteiger partial charge in [-0.2, -0.15) is 0 Å². The number of hydrogen-bond donors (Lipinski definition) is 0. The zero-order valence-electron chi connectivity index (χ0n) is 11.2. The summed E-state index contributed by atoms with van der Waals surface area (Å²) in [6.45, 7) is 6.23. The Hall–Kier alpha value is -1.27. The number of aryl methyl sites for hydroxylation is 3. The van der Waals surface area contributed by atoms with Crippen LogP contribution >= 0.6 is 22.7 Å². The lowest BCUT2D eigenvalue weighted by atomic mass is 10.3. The number of ether oxygens (including phenoxy) is 1. The molecule has 0 amide bonds. The first-order chi connectivity index (χ1) is 9.11. The fraction of sp³-hybridized carbons (Fsp3) is 0.462. The highest BCUT2D eigenvalue weighted by Gasteiger charge is 2.16. The standard InChI is InChI=1S/C13H16N2O2S2/c1-4-11-15-9(3)12(19-11)13(16)17-6-5-10-8(2)14-7-18-10/h7H,4-6H2,1-3H3. The highest BCUT2D eigenvalue weighted by molar-refractivity contribution is 7.13. The molecule has 0 fully saturated rings. The van der Waals surface area contributed by atoms with E-state index in [2.05, 4.69) is 9.97 Å². The van der Waals surface area contributed by atoms with Gasteiger partial charge in [-0.1, -0.05) is 6.92 Å². The Balaban J connectivity index is 1.90. The first-order valence-electron chi connectivity index (χ1n) is 6.14. The van der Waals surface area contributed by atoms with Gasteiger partial charge >= 0.3 is 5.97 Å². The molecule has 6 heteroatoms. The van der Waals surface area contributed by atoms with Gasteiger partial charge in [0.05, 0.1) is 28.5 Å². The molecule has 102 valence electrons. The van der Waals surface area contributed by atoms with Crippen LogP contribution in [0.4, 0.5) is 0 Å². The van der Waals surface area contributed by atoms with Crippen molar-refractivity contribution in [1.29, 1.82) is 0 Å². The summed E-state index contributed by atoms with van der Waals surface area (Å²) in [4.78, 5) is 22.2. The van der Waals surface area contributed by atoms with Crippen LogP contribution in [0.5, 0.6) is 0 Å². The van der Waals surface area contributed by atoms with Gasteiger partial charge in [0.15, 0.2) is 0 Å². The number of esters is 1. The lowest BCUT2D eigenvalue weighted by molar-refractivity contribution is 0.0514. The molecule has 2 heterocycles. The smallest absolute Gasteiger partial charge is 0.350 e. The first-order valence-corrected chi connectivity index (χ1v) is 7.83. The maximum Gasteiger partial charge on any atom is 0.350 e. The van der Waals surface area contributed by atoms with Gasteiger partial charge in [-0.05, 0) is 20.3 Å². The highest BCUT2D eigenvalue weighted by Crippen LogP contribution is 2.20. The Morgan fingerprint density at radius 3 is 2.74 bits per heavy atom. The lowest BCUT2D eigenvalue weighted by Gasteiger charge is -2.02. The van der Waals surface area contributed by atoms with E-state index >= 15 is 0 Å². The zero-order chi connectivity index (χ0) is 13.8. The Kier molecular flexibility index (Phi) is 4.66. The van der Waals surface area contributed by atoms with Crippen LogP contribution in [-0.4, -0.2) is 22.5 Å². The Morgan fingerprint density at radius 2 is 2.16 bits per heavy atom. The molecular formula is C13H16N2O2S2. The van der Waals surface area contributed by atoms with E-state index in [1.54, 1.807) is 11.3 Å². The van der Waals surface area contributed by atoms with Gasteiger partial charge in [-0.3, -0.25) is 0 Å². The van der Waals surface area contributed by atoms with Crippen molar-refractivity contribution in [3.05, 3.63) is 31.7 Å². The molecule has 0 aromatic carbocycles. The van der Waals surface area contributed by atoms with E-state index in [-0.39, 0.29) is 5.97 Å². The predicted octanol–water partition coefficient (Wildman–Crippen LogP) is 3.18. The minimum absolute atomic E-state index is 0.267. The number of carbonyl (C=O) groups excluding carboxylic acids is 1. The Labute approximate surface area is 120 Å². The SMILES string of the molecule is CCc1nc(C)c(C(=O)OCCc2scnc2C)s1. The second-order valence-electron chi connectivity index (χ2n) is 4.12. The van der Waals surface area contributed by atoms with Gasteiger partial charge in [0.2, 0.25) is 0 Å². The Bertz CT molecular complexity index is 575. The Morgan fingerprint density at radius 1 is 1.37 bits per heavy atom. The molecule has 0 unspecified atom stereocenters. The predicted molar refractivity (Wildman–Crippen MR) is 77.1 cm³/mol. The average Bonchev–Trinajstić information content (AvgIpc) is 2.96. The highest BCUT2D eigenvalue weighted by atomic mass is 32.1. The molecule has 0 atom stereocenters. The number of hydrogen-bond acceptors (Lipinski definition) is 6. The molecule has 2 aromatic heterocycles. The number of thiazole rings is 2. The van der Waals surface area contributed by atoms with Gasteiger partial charge in [-0.25, -0.2) is 14.8 Å². The normalized spacial score (nSPS) is 10.7. The third kappa shape index (κ3) is 3.39. The summed E-state index contributed by atoms with van der Waals surface area (Å²) in [5.41, 5.74) is 3.59. The minimum atomic E-state index is -0.267. The fourth-order valence-electron chi connectivity index (χ4n) is 1.66. The van der Waals surface area contributed by atoms with Gasteiger partial charge in [-0.15, -0.1) is 22.7 Å². The van der Waals surface area contributed by atoms with Gasteiger partial charge in [0.25, 0.3) is 0 Å². The van der Waals surface area contributed by atoms with Crippen LogP contribution in [0.1, 0.15) is 37.9 Å². The molecule has 2 rings (SSSR count). The fourth-order valence-corrected chi connectivity index (χ4v) is 3.32. The van der Waals surface area contributed by atoms with Gasteiger partial charge in [0, 0.05) is 11.3 Å². The minimum Gasteiger partial charge on any atom is -0.461 e. The summed E-state index contributed by atoms with van der Waals surface area (Å²) in [6.07, 6.45) is 1.57. The summed E-state index contributed by atoms with van der Waals surface area (Å²) < 4.78 is 5.31. The average molecular weight is 296 g/mol. The number of aromatic nitrogens is 2. The molecule has 0 saturated heterocycles. The molecule has 2 aromatic rings. The molecule has 0 radical (unpaired) electrons. The van der Waals surface area contributed by atoms with Crippen LogP contribution in [0.15, 0.2) is 5.51 Å². The van der Waals surface area contributed by atoms with Crippen molar-refractivity contribution in [2.24, 2.45) is 0 Å². The molecule has 0 aliphatic heterocycles. The molecule has 0 saturated carbocycles. The van der Waals surface area contributed by atoms with E-state index in [1.807, 2.05) is 26.3 Å². The van der Waals surface area contributed by atoms with Gasteiger partial charge in [0.1, 0.15) is 4.88 Å². The largest absolute Gasteiger partial charge is 0.461 e. The number of carbonyl (C=O) groups is 1. The molecule has 0 spiro atoms. The second-order valence-corrected chi connectivity index (χ2v) is 6.15. The van der Waals surface area contributed by atoms with E-state index in [0.717, 1.165) is 29.2 Å². The molecular weight excluding hydrogens is 280 g/mol. The quantitative estimate of drug-likeness (QED) is 0.795. The van der Waals surface area contributed by atoms with Crippen LogP contribution in [0.25, 0.3) is 0 Å². The van der Waals surface area contributed by atoms with E-state index in [9.17, 15) is 4.79 Å². The van der Waals surface area contributed by atoms with E-state index in [0.29, 0.717) is 11.5 Å². The monoisotopic (exact) mass is 296 g/mol. The summed E-state index contributed by atoms with van der Waals surface area (Å²) >= 11 is 3.02. The molecule has 0 N–H and O–H groups in total. The maximum atomic E-state index is 11.9. The van der Waals surface area contributed by atoms with Crippen molar-refractivity contribution in [2.75, 3.05) is 6.61 Å². The van der Waals surface area contributed by atoms with E-state index in [4.69, 9.17) is 4.74 Å². The topological polar surface area (TPSA) is 52.1 Å². The molecule has 0 aliphatic carbocycles.